The van der Waals surface area contributed by atoms with E-state index in [1.54, 1.807) is 0 Å². The maximum absolute atomic E-state index is 10.4. The minimum atomic E-state index is -0.359. The third-order valence-electron chi connectivity index (χ3n) is 6.97. The Bertz CT molecular complexity index is 330. The molecule has 0 amide bonds. The van der Waals surface area contributed by atoms with Crippen LogP contribution in [0.1, 0.15) is 66.2 Å². The van der Waals surface area contributed by atoms with Gasteiger partial charge in [0.15, 0.2) is 0 Å². The fourth-order valence-corrected chi connectivity index (χ4v) is 5.35. The molecular formula is C15H26O. The van der Waals surface area contributed by atoms with Crippen LogP contribution >= 0.6 is 0 Å². The predicted molar refractivity (Wildman–Crippen MR) is 66.1 cm³/mol. The van der Waals surface area contributed by atoms with Crippen molar-refractivity contribution in [2.45, 2.75) is 71.8 Å². The van der Waals surface area contributed by atoms with E-state index in [-0.39, 0.29) is 5.60 Å². The van der Waals surface area contributed by atoms with Crippen LogP contribution in [0, 0.1) is 22.2 Å². The van der Waals surface area contributed by atoms with Gasteiger partial charge in [0.05, 0.1) is 5.60 Å². The van der Waals surface area contributed by atoms with Gasteiger partial charge in [0.25, 0.3) is 0 Å². The molecule has 0 aromatic carbocycles. The molecule has 1 N–H and O–H groups in total. The lowest BCUT2D eigenvalue weighted by atomic mass is 9.59. The molecule has 0 spiro atoms. The molecule has 0 bridgehead atoms. The molecule has 0 aliphatic heterocycles. The van der Waals surface area contributed by atoms with Crippen molar-refractivity contribution in [1.82, 2.24) is 0 Å². The minimum absolute atomic E-state index is 0.359. The Morgan fingerprint density at radius 1 is 0.938 bits per heavy atom. The zero-order chi connectivity index (χ0) is 11.8. The molecule has 0 saturated heterocycles. The third kappa shape index (κ3) is 1.02. The van der Waals surface area contributed by atoms with Crippen molar-refractivity contribution in [2.75, 3.05) is 0 Å². The smallest absolute Gasteiger partial charge is 0.0653 e. The van der Waals surface area contributed by atoms with E-state index < -0.39 is 0 Å². The summed E-state index contributed by atoms with van der Waals surface area (Å²) in [5.41, 5.74) is 1.09. The number of hydrogen-bond acceptors (Lipinski definition) is 1. The first-order chi connectivity index (χ1) is 7.25. The molecule has 0 aromatic heterocycles. The first-order valence-corrected chi connectivity index (χ1v) is 6.98. The van der Waals surface area contributed by atoms with E-state index >= 15 is 0 Å². The highest BCUT2D eigenvalue weighted by Crippen LogP contribution is 2.80. The van der Waals surface area contributed by atoms with Gasteiger partial charge in [0.1, 0.15) is 0 Å². The highest BCUT2D eigenvalue weighted by atomic mass is 16.3. The zero-order valence-electron chi connectivity index (χ0n) is 11.3. The van der Waals surface area contributed by atoms with E-state index in [4.69, 9.17) is 0 Å². The SMILES string of the molecule is CC1(O)CCC2([C@@]3(C)CCCC3(C)C)CC12. The number of aliphatic hydroxyl groups is 1. The van der Waals surface area contributed by atoms with Crippen molar-refractivity contribution in [2.24, 2.45) is 22.2 Å². The van der Waals surface area contributed by atoms with Gasteiger partial charge in [-0.1, -0.05) is 27.2 Å². The summed E-state index contributed by atoms with van der Waals surface area (Å²) >= 11 is 0. The first kappa shape index (κ1) is 11.1. The molecule has 92 valence electrons. The van der Waals surface area contributed by atoms with Crippen molar-refractivity contribution >= 4 is 0 Å². The van der Waals surface area contributed by atoms with Crippen LogP contribution in [-0.4, -0.2) is 10.7 Å². The van der Waals surface area contributed by atoms with E-state index in [2.05, 4.69) is 27.7 Å². The number of hydrogen-bond donors (Lipinski definition) is 1. The lowest BCUT2D eigenvalue weighted by molar-refractivity contribution is 0.0142. The molecular weight excluding hydrogens is 196 g/mol. The van der Waals surface area contributed by atoms with Crippen molar-refractivity contribution < 1.29 is 5.11 Å². The molecule has 0 heterocycles. The number of fused-ring (bicyclic) bond motifs is 1. The number of rotatable bonds is 1. The Labute approximate surface area is 99.6 Å². The van der Waals surface area contributed by atoms with Gasteiger partial charge in [-0.3, -0.25) is 0 Å². The lowest BCUT2D eigenvalue weighted by Gasteiger charge is -2.45. The van der Waals surface area contributed by atoms with Crippen LogP contribution in [0.4, 0.5) is 0 Å². The minimum Gasteiger partial charge on any atom is -0.390 e. The fraction of sp³-hybridized carbons (Fsp3) is 1.00. The first-order valence-electron chi connectivity index (χ1n) is 6.98. The molecule has 3 saturated carbocycles. The summed E-state index contributed by atoms with van der Waals surface area (Å²) in [4.78, 5) is 0. The molecule has 1 nitrogen and oxygen atoms in total. The summed E-state index contributed by atoms with van der Waals surface area (Å²) in [7, 11) is 0. The Balaban J connectivity index is 1.96. The monoisotopic (exact) mass is 222 g/mol. The van der Waals surface area contributed by atoms with Crippen molar-refractivity contribution in [3.63, 3.8) is 0 Å². The van der Waals surface area contributed by atoms with Crippen LogP contribution in [-0.2, 0) is 0 Å². The molecule has 4 atom stereocenters. The molecule has 16 heavy (non-hydrogen) atoms. The second kappa shape index (κ2) is 2.68. The van der Waals surface area contributed by atoms with Gasteiger partial charge < -0.3 is 5.11 Å². The Hall–Kier alpha value is -0.0400. The summed E-state index contributed by atoms with van der Waals surface area (Å²) in [6, 6.07) is 0. The average molecular weight is 222 g/mol. The topological polar surface area (TPSA) is 20.2 Å². The predicted octanol–water partition coefficient (Wildman–Crippen LogP) is 3.75. The van der Waals surface area contributed by atoms with Gasteiger partial charge in [-0.2, -0.15) is 0 Å². The summed E-state index contributed by atoms with van der Waals surface area (Å²) < 4.78 is 0. The van der Waals surface area contributed by atoms with Crippen LogP contribution in [0.25, 0.3) is 0 Å². The molecule has 1 heteroatoms. The van der Waals surface area contributed by atoms with Gasteiger partial charge in [-0.25, -0.2) is 0 Å². The molecule has 3 unspecified atom stereocenters. The Kier molecular flexibility index (Phi) is 1.86. The Morgan fingerprint density at radius 2 is 1.62 bits per heavy atom. The van der Waals surface area contributed by atoms with Gasteiger partial charge in [-0.15, -0.1) is 0 Å². The molecule has 0 radical (unpaired) electrons. The highest BCUT2D eigenvalue weighted by molar-refractivity contribution is 5.24. The van der Waals surface area contributed by atoms with Gasteiger partial charge in [-0.05, 0) is 61.2 Å². The van der Waals surface area contributed by atoms with Crippen LogP contribution in [0.2, 0.25) is 0 Å². The second-order valence-corrected chi connectivity index (χ2v) is 7.84. The molecule has 3 aliphatic carbocycles. The van der Waals surface area contributed by atoms with E-state index in [1.807, 2.05) is 0 Å². The van der Waals surface area contributed by atoms with E-state index in [0.29, 0.717) is 22.2 Å². The largest absolute Gasteiger partial charge is 0.390 e. The van der Waals surface area contributed by atoms with E-state index in [9.17, 15) is 5.11 Å². The standard InChI is InChI=1S/C15H26O/c1-12(2)6-5-7-14(12,4)15-9-8-13(3,16)11(15)10-15/h11,16H,5-10H2,1-4H3/t11?,13?,14-,15?/m0/s1. The van der Waals surface area contributed by atoms with Gasteiger partial charge in [0.2, 0.25) is 0 Å². The highest BCUT2D eigenvalue weighted by Gasteiger charge is 2.75. The molecule has 0 aromatic rings. The second-order valence-electron chi connectivity index (χ2n) is 7.84. The van der Waals surface area contributed by atoms with Crippen molar-refractivity contribution in [3.05, 3.63) is 0 Å². The quantitative estimate of drug-likeness (QED) is 0.716. The Morgan fingerprint density at radius 3 is 2.00 bits per heavy atom. The summed E-state index contributed by atoms with van der Waals surface area (Å²) in [5.74, 6) is 0.599. The normalized spacial score (nSPS) is 58.7. The van der Waals surface area contributed by atoms with Crippen LogP contribution in [0.15, 0.2) is 0 Å². The van der Waals surface area contributed by atoms with E-state index in [1.165, 1.54) is 32.1 Å². The maximum atomic E-state index is 10.4. The lowest BCUT2D eigenvalue weighted by Crippen LogP contribution is -2.39. The van der Waals surface area contributed by atoms with E-state index in [0.717, 1.165) is 6.42 Å². The summed E-state index contributed by atoms with van der Waals surface area (Å²) in [6.45, 7) is 9.49. The average Bonchev–Trinajstić information content (AvgIpc) is 2.78. The van der Waals surface area contributed by atoms with Crippen LogP contribution in [0.3, 0.4) is 0 Å². The van der Waals surface area contributed by atoms with Crippen LogP contribution < -0.4 is 0 Å². The molecule has 3 rings (SSSR count). The maximum Gasteiger partial charge on any atom is 0.0653 e. The zero-order valence-corrected chi connectivity index (χ0v) is 11.3. The van der Waals surface area contributed by atoms with Crippen molar-refractivity contribution in [3.8, 4) is 0 Å². The molecule has 3 aliphatic rings. The van der Waals surface area contributed by atoms with Crippen LogP contribution in [0.5, 0.6) is 0 Å². The summed E-state index contributed by atoms with van der Waals surface area (Å²) in [5, 5.41) is 10.4. The van der Waals surface area contributed by atoms with Gasteiger partial charge in [0, 0.05) is 0 Å². The summed E-state index contributed by atoms with van der Waals surface area (Å²) in [6.07, 6.45) is 7.74. The van der Waals surface area contributed by atoms with Crippen molar-refractivity contribution in [1.29, 1.82) is 0 Å². The fourth-order valence-electron chi connectivity index (χ4n) is 5.35. The van der Waals surface area contributed by atoms with Gasteiger partial charge >= 0.3 is 0 Å². The molecule has 3 fully saturated rings. The third-order valence-corrected chi connectivity index (χ3v) is 6.97.